The highest BCUT2D eigenvalue weighted by molar-refractivity contribution is 5.83. The number of aliphatic hydroxyl groups excluding tert-OH is 1. The Hall–Kier alpha value is -2.74. The Morgan fingerprint density at radius 1 is 1.03 bits per heavy atom. The zero-order valence-electron chi connectivity index (χ0n) is 18.5. The molecule has 1 fully saturated rings. The third-order valence-corrected chi connectivity index (χ3v) is 5.66. The van der Waals surface area contributed by atoms with Crippen LogP contribution in [0.4, 0.5) is 0 Å². The van der Waals surface area contributed by atoms with Crippen LogP contribution >= 0.6 is 0 Å². The average Bonchev–Trinajstić information content (AvgIpc) is 2.80. The number of hydrogen-bond donors (Lipinski definition) is 3. The van der Waals surface area contributed by atoms with Gasteiger partial charge >= 0.3 is 0 Å². The van der Waals surface area contributed by atoms with Gasteiger partial charge in [0.25, 0.3) is 11.8 Å². The van der Waals surface area contributed by atoms with Crippen LogP contribution in [0.25, 0.3) is 0 Å². The zero-order valence-corrected chi connectivity index (χ0v) is 18.5. The Bertz CT molecular complexity index is 855. The van der Waals surface area contributed by atoms with Gasteiger partial charge in [0, 0.05) is 13.2 Å². The Morgan fingerprint density at radius 3 is 2.28 bits per heavy atom. The van der Waals surface area contributed by atoms with E-state index in [1.54, 1.807) is 0 Å². The molecule has 3 N–H and O–H groups in total. The van der Waals surface area contributed by atoms with Gasteiger partial charge in [0.15, 0.2) is 12.2 Å². The molecule has 0 saturated heterocycles. The lowest BCUT2D eigenvalue weighted by molar-refractivity contribution is -0.138. The van der Waals surface area contributed by atoms with E-state index >= 15 is 0 Å². The second kappa shape index (κ2) is 11.8. The van der Waals surface area contributed by atoms with Crippen LogP contribution in [-0.2, 0) is 25.7 Å². The number of amides is 2. The number of rotatable bonds is 12. The maximum atomic E-state index is 12.8. The first-order valence-electron chi connectivity index (χ1n) is 11.1. The zero-order chi connectivity index (χ0) is 22.8. The molecule has 7 nitrogen and oxygen atoms in total. The van der Waals surface area contributed by atoms with E-state index in [0.29, 0.717) is 13.2 Å². The van der Waals surface area contributed by atoms with E-state index in [1.807, 2.05) is 67.6 Å². The first-order valence-corrected chi connectivity index (χ1v) is 11.1. The summed E-state index contributed by atoms with van der Waals surface area (Å²) in [5.74, 6) is -0.734. The Balaban J connectivity index is 1.49. The molecule has 1 saturated carbocycles. The summed E-state index contributed by atoms with van der Waals surface area (Å²) in [6.07, 6.45) is 0.450. The molecule has 0 bridgehead atoms. The standard InChI is InChI=1S/C25H32N2O5/c1-2-32-22(20-12-7-4-8-13-20)24(30)26-18-25(14-9-15-25)27-23(29)21(28)17-31-16-19-10-5-3-6-11-19/h3-8,10-13,21-22,28H,2,9,14-18H2,1H3,(H,26,30)(H,27,29)/t21-,22?/m0/s1. The molecule has 172 valence electrons. The van der Waals surface area contributed by atoms with Crippen molar-refractivity contribution in [3.63, 3.8) is 0 Å². The summed E-state index contributed by atoms with van der Waals surface area (Å²) >= 11 is 0. The van der Waals surface area contributed by atoms with Gasteiger partial charge in [0.05, 0.1) is 18.8 Å². The van der Waals surface area contributed by atoms with Crippen molar-refractivity contribution in [2.24, 2.45) is 0 Å². The van der Waals surface area contributed by atoms with Crippen LogP contribution in [-0.4, -0.2) is 48.3 Å². The molecule has 7 heteroatoms. The summed E-state index contributed by atoms with van der Waals surface area (Å²) in [6, 6.07) is 18.9. The van der Waals surface area contributed by atoms with E-state index in [4.69, 9.17) is 9.47 Å². The molecule has 3 rings (SSSR count). The van der Waals surface area contributed by atoms with Gasteiger partial charge in [-0.3, -0.25) is 9.59 Å². The fourth-order valence-corrected chi connectivity index (χ4v) is 3.70. The molecule has 2 aromatic carbocycles. The molecule has 0 spiro atoms. The summed E-state index contributed by atoms with van der Waals surface area (Å²) in [7, 11) is 0. The number of aliphatic hydroxyl groups is 1. The highest BCUT2D eigenvalue weighted by Gasteiger charge is 2.40. The number of carbonyl (C=O) groups is 2. The van der Waals surface area contributed by atoms with E-state index in [1.165, 1.54) is 0 Å². The van der Waals surface area contributed by atoms with Crippen LogP contribution in [0.3, 0.4) is 0 Å². The molecular formula is C25H32N2O5. The minimum absolute atomic E-state index is 0.0937. The Morgan fingerprint density at radius 2 is 1.69 bits per heavy atom. The fourth-order valence-electron chi connectivity index (χ4n) is 3.70. The SMILES string of the molecule is CCOC(C(=O)NCC1(NC(=O)[C@@H](O)COCc2ccccc2)CCC1)c1ccccc1. The van der Waals surface area contributed by atoms with Gasteiger partial charge < -0.3 is 25.2 Å². The van der Waals surface area contributed by atoms with Gasteiger partial charge in [0.1, 0.15) is 0 Å². The predicted octanol–water partition coefficient (Wildman–Crippen LogP) is 2.50. The van der Waals surface area contributed by atoms with Crippen molar-refractivity contribution >= 4 is 11.8 Å². The highest BCUT2D eigenvalue weighted by atomic mass is 16.5. The molecular weight excluding hydrogens is 408 g/mol. The summed E-state index contributed by atoms with van der Waals surface area (Å²) < 4.78 is 11.1. The van der Waals surface area contributed by atoms with Crippen molar-refractivity contribution in [2.45, 2.75) is 50.5 Å². The lowest BCUT2D eigenvalue weighted by atomic mass is 9.76. The Kier molecular flexibility index (Phi) is 8.79. The van der Waals surface area contributed by atoms with Crippen LogP contribution in [0.2, 0.25) is 0 Å². The maximum Gasteiger partial charge on any atom is 0.253 e. The smallest absolute Gasteiger partial charge is 0.253 e. The maximum absolute atomic E-state index is 12.8. The molecule has 1 unspecified atom stereocenters. The lowest BCUT2D eigenvalue weighted by Crippen LogP contribution is -2.62. The third kappa shape index (κ3) is 6.63. The van der Waals surface area contributed by atoms with Crippen molar-refractivity contribution < 1.29 is 24.2 Å². The van der Waals surface area contributed by atoms with Gasteiger partial charge in [-0.1, -0.05) is 60.7 Å². The van der Waals surface area contributed by atoms with Gasteiger partial charge in [-0.15, -0.1) is 0 Å². The molecule has 0 aliphatic heterocycles. The summed E-state index contributed by atoms with van der Waals surface area (Å²) in [5, 5.41) is 16.1. The average molecular weight is 441 g/mol. The van der Waals surface area contributed by atoms with E-state index in [9.17, 15) is 14.7 Å². The molecule has 1 aliphatic carbocycles. The van der Waals surface area contributed by atoms with E-state index in [0.717, 1.165) is 30.4 Å². The van der Waals surface area contributed by atoms with Gasteiger partial charge in [0.2, 0.25) is 0 Å². The predicted molar refractivity (Wildman–Crippen MR) is 121 cm³/mol. The molecule has 2 aromatic rings. The van der Waals surface area contributed by atoms with Crippen LogP contribution in [0, 0.1) is 0 Å². The topological polar surface area (TPSA) is 96.9 Å². The van der Waals surface area contributed by atoms with Crippen molar-refractivity contribution in [3.05, 3.63) is 71.8 Å². The Labute approximate surface area is 189 Å². The summed E-state index contributed by atoms with van der Waals surface area (Å²) in [5.41, 5.74) is 1.20. The van der Waals surface area contributed by atoms with Crippen LogP contribution in [0.1, 0.15) is 43.4 Å². The first kappa shape index (κ1) is 23.9. The number of carbonyl (C=O) groups excluding carboxylic acids is 2. The molecule has 0 aromatic heterocycles. The van der Waals surface area contributed by atoms with Gasteiger partial charge in [-0.25, -0.2) is 0 Å². The molecule has 2 atom stereocenters. The molecule has 2 amide bonds. The summed E-state index contributed by atoms with van der Waals surface area (Å²) in [4.78, 5) is 25.3. The van der Waals surface area contributed by atoms with Crippen molar-refractivity contribution in [1.82, 2.24) is 10.6 Å². The van der Waals surface area contributed by atoms with Gasteiger partial charge in [-0.2, -0.15) is 0 Å². The summed E-state index contributed by atoms with van der Waals surface area (Å²) in [6.45, 7) is 2.77. The van der Waals surface area contributed by atoms with E-state index in [2.05, 4.69) is 10.6 Å². The fraction of sp³-hybridized carbons (Fsp3) is 0.440. The number of nitrogens with one attached hydrogen (secondary N) is 2. The quantitative estimate of drug-likeness (QED) is 0.471. The van der Waals surface area contributed by atoms with Crippen molar-refractivity contribution in [1.29, 1.82) is 0 Å². The van der Waals surface area contributed by atoms with Crippen molar-refractivity contribution in [3.8, 4) is 0 Å². The minimum atomic E-state index is -1.27. The second-order valence-corrected chi connectivity index (χ2v) is 8.10. The van der Waals surface area contributed by atoms with Crippen molar-refractivity contribution in [2.75, 3.05) is 19.8 Å². The largest absolute Gasteiger partial charge is 0.381 e. The molecule has 1 aliphatic rings. The van der Waals surface area contributed by atoms with Crippen LogP contribution in [0.15, 0.2) is 60.7 Å². The lowest BCUT2D eigenvalue weighted by Gasteiger charge is -2.43. The van der Waals surface area contributed by atoms with Gasteiger partial charge in [-0.05, 0) is 37.3 Å². The normalized spacial score (nSPS) is 16.4. The second-order valence-electron chi connectivity index (χ2n) is 8.10. The number of benzene rings is 2. The van der Waals surface area contributed by atoms with Crippen LogP contribution < -0.4 is 10.6 Å². The number of ether oxygens (including phenoxy) is 2. The van der Waals surface area contributed by atoms with Crippen LogP contribution in [0.5, 0.6) is 0 Å². The molecule has 0 heterocycles. The van der Waals surface area contributed by atoms with E-state index in [-0.39, 0.29) is 19.1 Å². The molecule has 32 heavy (non-hydrogen) atoms. The van der Waals surface area contributed by atoms with E-state index < -0.39 is 23.7 Å². The monoisotopic (exact) mass is 440 g/mol. The highest BCUT2D eigenvalue weighted by Crippen LogP contribution is 2.31. The third-order valence-electron chi connectivity index (χ3n) is 5.66. The number of hydrogen-bond acceptors (Lipinski definition) is 5. The molecule has 0 radical (unpaired) electrons. The minimum Gasteiger partial charge on any atom is -0.381 e. The first-order chi connectivity index (χ1) is 15.5.